The predicted octanol–water partition coefficient (Wildman–Crippen LogP) is 3.65. The third kappa shape index (κ3) is 3.71. The van der Waals surface area contributed by atoms with Crippen molar-refractivity contribution >= 4 is 6.08 Å². The Morgan fingerprint density at radius 2 is 2.12 bits per heavy atom. The van der Waals surface area contributed by atoms with Gasteiger partial charge in [-0.2, -0.15) is 0 Å². The summed E-state index contributed by atoms with van der Waals surface area (Å²) in [4.78, 5) is 0. The van der Waals surface area contributed by atoms with Gasteiger partial charge >= 0.3 is 0 Å². The predicted molar refractivity (Wildman–Crippen MR) is 75.0 cm³/mol. The molecule has 2 unspecified atom stereocenters. The lowest BCUT2D eigenvalue weighted by Crippen LogP contribution is -2.25. The van der Waals surface area contributed by atoms with Crippen LogP contribution in [0.2, 0.25) is 0 Å². The summed E-state index contributed by atoms with van der Waals surface area (Å²) >= 11 is 0. The summed E-state index contributed by atoms with van der Waals surface area (Å²) in [5.74, 6) is 0.842. The van der Waals surface area contributed by atoms with Gasteiger partial charge in [-0.05, 0) is 56.2 Å². The molecule has 0 radical (unpaired) electrons. The molecule has 2 atom stereocenters. The Hall–Kier alpha value is -1.08. The zero-order chi connectivity index (χ0) is 12.1. The highest BCUT2D eigenvalue weighted by atomic mass is 14.9. The maximum atomic E-state index is 3.79. The van der Waals surface area contributed by atoms with E-state index in [1.807, 2.05) is 6.08 Å². The molecule has 92 valence electrons. The average molecular weight is 229 g/mol. The van der Waals surface area contributed by atoms with Crippen molar-refractivity contribution in [2.24, 2.45) is 5.92 Å². The van der Waals surface area contributed by atoms with Crippen molar-refractivity contribution in [3.8, 4) is 0 Å². The van der Waals surface area contributed by atoms with Gasteiger partial charge in [0.15, 0.2) is 0 Å². The summed E-state index contributed by atoms with van der Waals surface area (Å²) in [5.41, 5.74) is 2.68. The fourth-order valence-electron chi connectivity index (χ4n) is 2.75. The Morgan fingerprint density at radius 3 is 2.82 bits per heavy atom. The van der Waals surface area contributed by atoms with Gasteiger partial charge < -0.3 is 5.32 Å². The van der Waals surface area contributed by atoms with Crippen LogP contribution in [0.25, 0.3) is 6.08 Å². The molecule has 1 N–H and O–H groups in total. The molecule has 1 heteroatoms. The van der Waals surface area contributed by atoms with Crippen molar-refractivity contribution in [1.82, 2.24) is 5.32 Å². The first kappa shape index (κ1) is 12.4. The van der Waals surface area contributed by atoms with E-state index in [4.69, 9.17) is 0 Å². The number of rotatable bonds is 3. The van der Waals surface area contributed by atoms with Crippen molar-refractivity contribution in [3.63, 3.8) is 0 Å². The molecule has 1 aliphatic rings. The van der Waals surface area contributed by atoms with E-state index in [1.165, 1.54) is 43.4 Å². The lowest BCUT2D eigenvalue weighted by molar-refractivity contribution is 0.426. The van der Waals surface area contributed by atoms with Gasteiger partial charge in [0.05, 0.1) is 0 Å². The summed E-state index contributed by atoms with van der Waals surface area (Å²) in [5, 5.41) is 3.57. The van der Waals surface area contributed by atoms with Crippen LogP contribution in [0.4, 0.5) is 0 Å². The van der Waals surface area contributed by atoms with Gasteiger partial charge in [0.1, 0.15) is 0 Å². The molecule has 1 saturated heterocycles. The second-order valence-electron chi connectivity index (χ2n) is 5.25. The van der Waals surface area contributed by atoms with Gasteiger partial charge in [-0.25, -0.2) is 0 Å². The Kier molecular flexibility index (Phi) is 4.38. The highest BCUT2D eigenvalue weighted by Gasteiger charge is 2.16. The molecule has 0 saturated carbocycles. The summed E-state index contributed by atoms with van der Waals surface area (Å²) in [6, 6.07) is 9.51. The molecule has 0 aromatic heterocycles. The Morgan fingerprint density at radius 1 is 1.35 bits per heavy atom. The second kappa shape index (κ2) is 6.02. The van der Waals surface area contributed by atoms with Crippen molar-refractivity contribution in [3.05, 3.63) is 42.0 Å². The van der Waals surface area contributed by atoms with Crippen LogP contribution < -0.4 is 5.32 Å². The maximum absolute atomic E-state index is 3.79. The van der Waals surface area contributed by atoms with Crippen molar-refractivity contribution in [2.45, 2.75) is 38.6 Å². The fraction of sp³-hybridized carbons (Fsp3) is 0.500. The topological polar surface area (TPSA) is 12.0 Å². The van der Waals surface area contributed by atoms with E-state index in [1.54, 1.807) is 0 Å². The highest BCUT2D eigenvalue weighted by Crippen LogP contribution is 2.22. The zero-order valence-electron chi connectivity index (χ0n) is 10.8. The monoisotopic (exact) mass is 229 g/mol. The molecule has 1 aliphatic heterocycles. The SMILES string of the molecule is C=Cc1ccc(CC2CCCNC(C)C2)cc1. The molecule has 0 aliphatic carbocycles. The van der Waals surface area contributed by atoms with Gasteiger partial charge in [0.2, 0.25) is 0 Å². The summed E-state index contributed by atoms with van der Waals surface area (Å²) in [6.45, 7) is 7.28. The number of nitrogens with one attached hydrogen (secondary N) is 1. The lowest BCUT2D eigenvalue weighted by Gasteiger charge is -2.17. The normalized spacial score (nSPS) is 25.2. The van der Waals surface area contributed by atoms with Crippen LogP contribution in [-0.2, 0) is 6.42 Å². The molecule has 0 amide bonds. The van der Waals surface area contributed by atoms with Crippen LogP contribution in [0, 0.1) is 5.92 Å². The average Bonchev–Trinajstić information content (AvgIpc) is 2.55. The summed E-state index contributed by atoms with van der Waals surface area (Å²) in [7, 11) is 0. The molecule has 1 aromatic rings. The van der Waals surface area contributed by atoms with Crippen LogP contribution in [0.5, 0.6) is 0 Å². The molecule has 2 rings (SSSR count). The van der Waals surface area contributed by atoms with Crippen LogP contribution >= 0.6 is 0 Å². The molecule has 0 bridgehead atoms. The van der Waals surface area contributed by atoms with E-state index in [-0.39, 0.29) is 0 Å². The van der Waals surface area contributed by atoms with Crippen LogP contribution in [0.3, 0.4) is 0 Å². The van der Waals surface area contributed by atoms with Crippen LogP contribution in [0.1, 0.15) is 37.3 Å². The van der Waals surface area contributed by atoms with Crippen molar-refractivity contribution < 1.29 is 0 Å². The molecule has 0 spiro atoms. The first-order valence-corrected chi connectivity index (χ1v) is 6.72. The van der Waals surface area contributed by atoms with Crippen molar-refractivity contribution in [2.75, 3.05) is 6.54 Å². The molecular weight excluding hydrogens is 206 g/mol. The van der Waals surface area contributed by atoms with E-state index in [0.29, 0.717) is 6.04 Å². The van der Waals surface area contributed by atoms with Crippen LogP contribution in [0.15, 0.2) is 30.8 Å². The van der Waals surface area contributed by atoms with Gasteiger partial charge in [-0.1, -0.05) is 36.9 Å². The van der Waals surface area contributed by atoms with E-state index >= 15 is 0 Å². The highest BCUT2D eigenvalue weighted by molar-refractivity contribution is 5.47. The Balaban J connectivity index is 1.96. The second-order valence-corrected chi connectivity index (χ2v) is 5.25. The zero-order valence-corrected chi connectivity index (χ0v) is 10.8. The van der Waals surface area contributed by atoms with E-state index in [2.05, 4.69) is 43.1 Å². The standard InChI is InChI=1S/C16H23N/c1-3-14-6-8-15(9-7-14)12-16-5-4-10-17-13(2)11-16/h3,6-9,13,16-17H,1,4-5,10-12H2,2H3. The third-order valence-corrected chi connectivity index (χ3v) is 3.71. The minimum atomic E-state index is 0.676. The summed E-state index contributed by atoms with van der Waals surface area (Å²) in [6.07, 6.45) is 7.12. The molecule has 1 fully saturated rings. The number of hydrogen-bond acceptors (Lipinski definition) is 1. The van der Waals surface area contributed by atoms with Crippen molar-refractivity contribution in [1.29, 1.82) is 0 Å². The number of benzene rings is 1. The first-order chi connectivity index (χ1) is 8.28. The quantitative estimate of drug-likeness (QED) is 0.834. The van der Waals surface area contributed by atoms with E-state index < -0.39 is 0 Å². The summed E-state index contributed by atoms with van der Waals surface area (Å²) < 4.78 is 0. The van der Waals surface area contributed by atoms with Gasteiger partial charge in [-0.3, -0.25) is 0 Å². The Labute approximate surface area is 105 Å². The van der Waals surface area contributed by atoms with E-state index in [0.717, 1.165) is 5.92 Å². The minimum Gasteiger partial charge on any atom is -0.314 e. The molecule has 17 heavy (non-hydrogen) atoms. The van der Waals surface area contributed by atoms with Gasteiger partial charge in [0.25, 0.3) is 0 Å². The third-order valence-electron chi connectivity index (χ3n) is 3.71. The molecule has 1 aromatic carbocycles. The molecular formula is C16H23N. The van der Waals surface area contributed by atoms with Gasteiger partial charge in [0, 0.05) is 6.04 Å². The number of hydrogen-bond donors (Lipinski definition) is 1. The minimum absolute atomic E-state index is 0.676. The van der Waals surface area contributed by atoms with Crippen LogP contribution in [-0.4, -0.2) is 12.6 Å². The van der Waals surface area contributed by atoms with Gasteiger partial charge in [-0.15, -0.1) is 0 Å². The molecule has 1 heterocycles. The smallest absolute Gasteiger partial charge is 0.00414 e. The largest absolute Gasteiger partial charge is 0.314 e. The van der Waals surface area contributed by atoms with E-state index in [9.17, 15) is 0 Å². The molecule has 1 nitrogen and oxygen atoms in total. The Bertz CT molecular complexity index is 352. The first-order valence-electron chi connectivity index (χ1n) is 6.72. The fourth-order valence-corrected chi connectivity index (χ4v) is 2.75. The maximum Gasteiger partial charge on any atom is 0.00414 e. The lowest BCUT2D eigenvalue weighted by atomic mass is 9.90.